The molecule has 0 amide bonds. The predicted molar refractivity (Wildman–Crippen MR) is 56.3 cm³/mol. The van der Waals surface area contributed by atoms with Crippen LogP contribution in [0.2, 0.25) is 0 Å². The van der Waals surface area contributed by atoms with Crippen LogP contribution in [0, 0.1) is 18.3 Å². The van der Waals surface area contributed by atoms with Crippen LogP contribution < -0.4 is 0 Å². The summed E-state index contributed by atoms with van der Waals surface area (Å²) >= 11 is 3.32. The van der Waals surface area contributed by atoms with Gasteiger partial charge in [0.25, 0.3) is 0 Å². The van der Waals surface area contributed by atoms with E-state index < -0.39 is 0 Å². The molecule has 0 atom stereocenters. The van der Waals surface area contributed by atoms with Crippen LogP contribution in [0.1, 0.15) is 11.3 Å². The second-order valence-electron chi connectivity index (χ2n) is 2.86. The highest BCUT2D eigenvalue weighted by atomic mass is 79.9. The van der Waals surface area contributed by atoms with Gasteiger partial charge in [-0.25, -0.2) is 4.98 Å². The van der Waals surface area contributed by atoms with Gasteiger partial charge in [-0.3, -0.25) is 0 Å². The van der Waals surface area contributed by atoms with E-state index in [1.54, 1.807) is 18.5 Å². The van der Waals surface area contributed by atoms with Gasteiger partial charge >= 0.3 is 0 Å². The van der Waals surface area contributed by atoms with Crippen LogP contribution in [0.25, 0.3) is 5.82 Å². The van der Waals surface area contributed by atoms with Gasteiger partial charge in [-0.15, -0.1) is 4.80 Å². The van der Waals surface area contributed by atoms with Crippen LogP contribution in [0.4, 0.5) is 0 Å². The van der Waals surface area contributed by atoms with E-state index in [9.17, 15) is 0 Å². The van der Waals surface area contributed by atoms with E-state index in [1.807, 2.05) is 6.92 Å². The molecule has 2 aromatic heterocycles. The Bertz CT molecular complexity index is 526. The van der Waals surface area contributed by atoms with E-state index in [0.29, 0.717) is 11.4 Å². The average molecular weight is 264 g/mol. The van der Waals surface area contributed by atoms with Crippen LogP contribution in [-0.2, 0) is 0 Å². The highest BCUT2D eigenvalue weighted by Crippen LogP contribution is 2.19. The fourth-order valence-corrected chi connectivity index (χ4v) is 1.45. The third-order valence-electron chi connectivity index (χ3n) is 1.86. The van der Waals surface area contributed by atoms with E-state index in [0.717, 1.165) is 10.2 Å². The fourth-order valence-electron chi connectivity index (χ4n) is 1.13. The quantitative estimate of drug-likeness (QED) is 0.784. The first kappa shape index (κ1) is 9.80. The Morgan fingerprint density at radius 2 is 2.07 bits per heavy atom. The van der Waals surface area contributed by atoms with Gasteiger partial charge in [0.15, 0.2) is 5.82 Å². The first-order valence-electron chi connectivity index (χ1n) is 4.16. The molecule has 15 heavy (non-hydrogen) atoms. The van der Waals surface area contributed by atoms with Crippen molar-refractivity contribution in [1.82, 2.24) is 20.0 Å². The average Bonchev–Trinajstić information content (AvgIpc) is 2.74. The minimum Gasteiger partial charge on any atom is -0.230 e. The van der Waals surface area contributed by atoms with Crippen molar-refractivity contribution in [3.8, 4) is 11.9 Å². The van der Waals surface area contributed by atoms with Crippen molar-refractivity contribution in [1.29, 1.82) is 5.26 Å². The van der Waals surface area contributed by atoms with Gasteiger partial charge < -0.3 is 0 Å². The number of aromatic nitrogens is 4. The molecule has 0 saturated heterocycles. The number of aryl methyl sites for hydroxylation is 1. The van der Waals surface area contributed by atoms with Crippen LogP contribution in [0.5, 0.6) is 0 Å². The highest BCUT2D eigenvalue weighted by molar-refractivity contribution is 9.10. The molecule has 0 aliphatic carbocycles. The molecule has 0 aliphatic heterocycles. The summed E-state index contributed by atoms with van der Waals surface area (Å²) < 4.78 is 0.801. The van der Waals surface area contributed by atoms with Gasteiger partial charge in [0, 0.05) is 4.47 Å². The molecule has 0 fully saturated rings. The smallest absolute Gasteiger partial charge is 0.192 e. The predicted octanol–water partition coefficient (Wildman–Crippen LogP) is 1.60. The lowest BCUT2D eigenvalue weighted by Gasteiger charge is -2.04. The fraction of sp³-hybridized carbons (Fsp3) is 0.111. The lowest BCUT2D eigenvalue weighted by Crippen LogP contribution is -2.05. The summed E-state index contributed by atoms with van der Waals surface area (Å²) in [6, 6.07) is 3.77. The summed E-state index contributed by atoms with van der Waals surface area (Å²) in [5.74, 6) is 0.447. The van der Waals surface area contributed by atoms with E-state index in [1.165, 1.54) is 4.80 Å². The molecule has 0 aromatic carbocycles. The Balaban J connectivity index is 2.67. The number of nitrogens with zero attached hydrogens (tertiary/aromatic N) is 5. The summed E-state index contributed by atoms with van der Waals surface area (Å²) in [6.45, 7) is 1.85. The van der Waals surface area contributed by atoms with E-state index in [2.05, 4.69) is 37.2 Å². The number of nitriles is 1. The minimum absolute atomic E-state index is 0.434. The zero-order valence-corrected chi connectivity index (χ0v) is 9.43. The molecular weight excluding hydrogens is 258 g/mol. The summed E-state index contributed by atoms with van der Waals surface area (Å²) in [4.78, 5) is 5.59. The maximum atomic E-state index is 8.95. The summed E-state index contributed by atoms with van der Waals surface area (Å²) in [6.07, 6.45) is 3.08. The lowest BCUT2D eigenvalue weighted by molar-refractivity contribution is 0.723. The molecule has 0 saturated carbocycles. The van der Waals surface area contributed by atoms with Gasteiger partial charge in [0.1, 0.15) is 6.07 Å². The van der Waals surface area contributed by atoms with E-state index >= 15 is 0 Å². The van der Waals surface area contributed by atoms with Crippen molar-refractivity contribution in [3.05, 3.63) is 34.2 Å². The topological polar surface area (TPSA) is 67.4 Å². The standard InChI is InChI=1S/C9H6BrN5/c1-6-8(10)4-7(5-11)9(14-6)15-12-2-3-13-15/h2-4H,1H3. The number of hydrogen-bond acceptors (Lipinski definition) is 4. The zero-order chi connectivity index (χ0) is 10.8. The Hall–Kier alpha value is -1.74. The van der Waals surface area contributed by atoms with Crippen molar-refractivity contribution in [2.75, 3.05) is 0 Å². The van der Waals surface area contributed by atoms with Gasteiger partial charge in [0.05, 0.1) is 23.7 Å². The molecule has 6 heteroatoms. The molecule has 2 heterocycles. The summed E-state index contributed by atoms with van der Waals surface area (Å²) in [7, 11) is 0. The lowest BCUT2D eigenvalue weighted by atomic mass is 10.2. The van der Waals surface area contributed by atoms with Crippen LogP contribution >= 0.6 is 15.9 Å². The van der Waals surface area contributed by atoms with Crippen LogP contribution in [-0.4, -0.2) is 20.0 Å². The van der Waals surface area contributed by atoms with Crippen molar-refractivity contribution < 1.29 is 0 Å². The molecule has 0 radical (unpaired) electrons. The SMILES string of the molecule is Cc1nc(-n2nccn2)c(C#N)cc1Br. The van der Waals surface area contributed by atoms with Gasteiger partial charge in [-0.05, 0) is 28.9 Å². The monoisotopic (exact) mass is 263 g/mol. The number of hydrogen-bond donors (Lipinski definition) is 0. The maximum absolute atomic E-state index is 8.95. The Morgan fingerprint density at radius 1 is 1.40 bits per heavy atom. The number of halogens is 1. The third kappa shape index (κ3) is 1.74. The van der Waals surface area contributed by atoms with E-state index in [-0.39, 0.29) is 0 Å². The highest BCUT2D eigenvalue weighted by Gasteiger charge is 2.10. The third-order valence-corrected chi connectivity index (χ3v) is 2.66. The molecule has 0 N–H and O–H groups in total. The first-order valence-corrected chi connectivity index (χ1v) is 4.95. The Morgan fingerprint density at radius 3 is 2.67 bits per heavy atom. The van der Waals surface area contributed by atoms with Crippen molar-refractivity contribution in [2.45, 2.75) is 6.92 Å². The number of pyridine rings is 1. The second kappa shape index (κ2) is 3.79. The molecule has 2 rings (SSSR count). The molecule has 0 spiro atoms. The van der Waals surface area contributed by atoms with Crippen LogP contribution in [0.15, 0.2) is 22.9 Å². The first-order chi connectivity index (χ1) is 7.22. The Labute approximate surface area is 94.5 Å². The second-order valence-corrected chi connectivity index (χ2v) is 3.71. The normalized spacial score (nSPS) is 9.93. The maximum Gasteiger partial charge on any atom is 0.192 e. The minimum atomic E-state index is 0.434. The molecule has 0 bridgehead atoms. The largest absolute Gasteiger partial charge is 0.230 e. The van der Waals surface area contributed by atoms with Gasteiger partial charge in [0.2, 0.25) is 0 Å². The molecule has 5 nitrogen and oxygen atoms in total. The van der Waals surface area contributed by atoms with Gasteiger partial charge in [-0.1, -0.05) is 0 Å². The number of rotatable bonds is 1. The summed E-state index contributed by atoms with van der Waals surface area (Å²) in [5, 5.41) is 16.8. The zero-order valence-electron chi connectivity index (χ0n) is 7.85. The van der Waals surface area contributed by atoms with Crippen molar-refractivity contribution in [2.24, 2.45) is 0 Å². The molecular formula is C9H6BrN5. The molecule has 0 aliphatic rings. The van der Waals surface area contributed by atoms with E-state index in [4.69, 9.17) is 5.26 Å². The van der Waals surface area contributed by atoms with Crippen molar-refractivity contribution >= 4 is 15.9 Å². The Kier molecular flexibility index (Phi) is 2.47. The molecule has 74 valence electrons. The van der Waals surface area contributed by atoms with Gasteiger partial charge in [-0.2, -0.15) is 15.5 Å². The van der Waals surface area contributed by atoms with Crippen LogP contribution in [0.3, 0.4) is 0 Å². The van der Waals surface area contributed by atoms with Crippen molar-refractivity contribution in [3.63, 3.8) is 0 Å². The molecule has 2 aromatic rings. The molecule has 0 unspecified atom stereocenters. The summed E-state index contributed by atoms with van der Waals surface area (Å²) in [5.41, 5.74) is 1.23.